The zero-order valence-corrected chi connectivity index (χ0v) is 14.3. The van der Waals surface area contributed by atoms with E-state index >= 15 is 0 Å². The van der Waals surface area contributed by atoms with Crippen LogP contribution in [0.3, 0.4) is 0 Å². The van der Waals surface area contributed by atoms with Crippen LogP contribution in [0.25, 0.3) is 0 Å². The summed E-state index contributed by atoms with van der Waals surface area (Å²) in [5.74, 6) is -0.183. The molecule has 2 aromatic rings. The van der Waals surface area contributed by atoms with E-state index in [2.05, 4.69) is 15.3 Å². The number of aromatic nitrogens is 2. The topological polar surface area (TPSA) is 75.2 Å². The monoisotopic (exact) mass is 338 g/mol. The number of carbonyl (C=O) groups excluding carboxylic acids is 2. The average Bonchev–Trinajstić information content (AvgIpc) is 2.64. The molecule has 2 heterocycles. The standard InChI is InChI=1S/C19H22N4O2/c1-14(24)22-16-8-5-11-23(19(25)17-9-10-20-13-21-17)18(16)12-15-6-3-2-4-7-15/h2-4,6-7,9-10,13,16,18H,5,8,11-12H2,1H3,(H,22,24)/t16-,18-/m0/s1. The van der Waals surface area contributed by atoms with Crippen LogP contribution in [0, 0.1) is 0 Å². The van der Waals surface area contributed by atoms with Gasteiger partial charge in [-0.1, -0.05) is 30.3 Å². The number of piperidine rings is 1. The van der Waals surface area contributed by atoms with Crippen molar-refractivity contribution in [3.05, 3.63) is 60.2 Å². The minimum atomic E-state index is -0.113. The minimum absolute atomic E-state index is 0.0581. The zero-order chi connectivity index (χ0) is 17.6. The van der Waals surface area contributed by atoms with Crippen molar-refractivity contribution in [2.75, 3.05) is 6.54 Å². The Morgan fingerprint density at radius 2 is 2.04 bits per heavy atom. The van der Waals surface area contributed by atoms with Gasteiger partial charge in [-0.25, -0.2) is 9.97 Å². The molecule has 0 unspecified atom stereocenters. The Labute approximate surface area is 147 Å². The third-order valence-electron chi connectivity index (χ3n) is 4.52. The van der Waals surface area contributed by atoms with Gasteiger partial charge >= 0.3 is 0 Å². The molecular formula is C19H22N4O2. The molecule has 1 aromatic heterocycles. The number of nitrogens with one attached hydrogen (secondary N) is 1. The van der Waals surface area contributed by atoms with E-state index in [0.717, 1.165) is 18.4 Å². The quantitative estimate of drug-likeness (QED) is 0.923. The second-order valence-corrected chi connectivity index (χ2v) is 6.30. The van der Waals surface area contributed by atoms with E-state index in [4.69, 9.17) is 0 Å². The fraction of sp³-hybridized carbons (Fsp3) is 0.368. The Morgan fingerprint density at radius 3 is 2.72 bits per heavy atom. The van der Waals surface area contributed by atoms with Crippen LogP contribution in [0.1, 0.15) is 35.8 Å². The first kappa shape index (κ1) is 17.1. The molecule has 1 aliphatic rings. The predicted molar refractivity (Wildman–Crippen MR) is 93.8 cm³/mol. The Hall–Kier alpha value is -2.76. The Balaban J connectivity index is 1.87. The molecule has 2 amide bonds. The van der Waals surface area contributed by atoms with Gasteiger partial charge in [-0.15, -0.1) is 0 Å². The molecule has 1 N–H and O–H groups in total. The van der Waals surface area contributed by atoms with Gasteiger partial charge < -0.3 is 10.2 Å². The zero-order valence-electron chi connectivity index (χ0n) is 14.3. The van der Waals surface area contributed by atoms with Gasteiger partial charge in [0.2, 0.25) is 5.91 Å². The maximum atomic E-state index is 13.0. The van der Waals surface area contributed by atoms with Gasteiger partial charge in [0.25, 0.3) is 5.91 Å². The van der Waals surface area contributed by atoms with Crippen molar-refractivity contribution < 1.29 is 9.59 Å². The molecule has 25 heavy (non-hydrogen) atoms. The summed E-state index contributed by atoms with van der Waals surface area (Å²) in [7, 11) is 0. The Bertz CT molecular complexity index is 721. The van der Waals surface area contributed by atoms with Gasteiger partial charge in [-0.2, -0.15) is 0 Å². The molecule has 1 saturated heterocycles. The molecule has 6 heteroatoms. The summed E-state index contributed by atoms with van der Waals surface area (Å²) in [4.78, 5) is 34.4. The molecule has 0 aliphatic carbocycles. The van der Waals surface area contributed by atoms with E-state index in [-0.39, 0.29) is 23.9 Å². The molecule has 1 fully saturated rings. The van der Waals surface area contributed by atoms with E-state index in [9.17, 15) is 9.59 Å². The number of likely N-dealkylation sites (tertiary alicyclic amines) is 1. The molecule has 3 rings (SSSR count). The highest BCUT2D eigenvalue weighted by atomic mass is 16.2. The molecular weight excluding hydrogens is 316 g/mol. The summed E-state index contributed by atoms with van der Waals surface area (Å²) in [6.45, 7) is 2.18. The third-order valence-corrected chi connectivity index (χ3v) is 4.52. The molecule has 6 nitrogen and oxygen atoms in total. The van der Waals surface area contributed by atoms with Crippen molar-refractivity contribution >= 4 is 11.8 Å². The number of benzene rings is 1. The molecule has 1 aliphatic heterocycles. The third kappa shape index (κ3) is 4.21. The summed E-state index contributed by atoms with van der Waals surface area (Å²) in [5, 5.41) is 3.02. The van der Waals surface area contributed by atoms with Gasteiger partial charge in [0.05, 0.1) is 6.04 Å². The lowest BCUT2D eigenvalue weighted by molar-refractivity contribution is -0.120. The van der Waals surface area contributed by atoms with Crippen LogP contribution in [0.15, 0.2) is 48.9 Å². The number of rotatable bonds is 4. The predicted octanol–water partition coefficient (Wildman–Crippen LogP) is 1.83. The lowest BCUT2D eigenvalue weighted by Gasteiger charge is -2.41. The maximum absolute atomic E-state index is 13.0. The van der Waals surface area contributed by atoms with Crippen LogP contribution >= 0.6 is 0 Å². The fourth-order valence-electron chi connectivity index (χ4n) is 3.41. The summed E-state index contributed by atoms with van der Waals surface area (Å²) < 4.78 is 0. The van der Waals surface area contributed by atoms with Crippen LogP contribution < -0.4 is 5.32 Å². The van der Waals surface area contributed by atoms with Crippen molar-refractivity contribution in [1.29, 1.82) is 0 Å². The van der Waals surface area contributed by atoms with Gasteiger partial charge in [-0.3, -0.25) is 9.59 Å². The summed E-state index contributed by atoms with van der Waals surface area (Å²) in [6, 6.07) is 11.5. The van der Waals surface area contributed by atoms with Crippen LogP contribution in [-0.2, 0) is 11.2 Å². The fourth-order valence-corrected chi connectivity index (χ4v) is 3.41. The molecule has 0 spiro atoms. The van der Waals surface area contributed by atoms with Crippen LogP contribution in [0.5, 0.6) is 0 Å². The first-order valence-corrected chi connectivity index (χ1v) is 8.53. The molecule has 1 aromatic carbocycles. The highest BCUT2D eigenvalue weighted by molar-refractivity contribution is 5.92. The first-order valence-electron chi connectivity index (χ1n) is 8.53. The van der Waals surface area contributed by atoms with Crippen molar-refractivity contribution in [3.63, 3.8) is 0 Å². The highest BCUT2D eigenvalue weighted by Crippen LogP contribution is 2.23. The van der Waals surface area contributed by atoms with Crippen molar-refractivity contribution in [2.45, 2.75) is 38.3 Å². The second kappa shape index (κ2) is 7.88. The summed E-state index contributed by atoms with van der Waals surface area (Å²) in [5.41, 5.74) is 1.53. The lowest BCUT2D eigenvalue weighted by Crippen LogP contribution is -2.57. The highest BCUT2D eigenvalue weighted by Gasteiger charge is 2.35. The van der Waals surface area contributed by atoms with Gasteiger partial charge in [0, 0.05) is 25.7 Å². The molecule has 130 valence electrons. The molecule has 0 saturated carbocycles. The van der Waals surface area contributed by atoms with E-state index in [1.54, 1.807) is 12.3 Å². The summed E-state index contributed by atoms with van der Waals surface area (Å²) >= 11 is 0. The van der Waals surface area contributed by atoms with Gasteiger partial charge in [0.15, 0.2) is 0 Å². The largest absolute Gasteiger partial charge is 0.352 e. The number of nitrogens with zero attached hydrogens (tertiary/aromatic N) is 3. The van der Waals surface area contributed by atoms with Crippen molar-refractivity contribution in [1.82, 2.24) is 20.2 Å². The van der Waals surface area contributed by atoms with Crippen molar-refractivity contribution in [3.8, 4) is 0 Å². The van der Waals surface area contributed by atoms with Crippen molar-refractivity contribution in [2.24, 2.45) is 0 Å². The number of hydrogen-bond donors (Lipinski definition) is 1. The number of amides is 2. The second-order valence-electron chi connectivity index (χ2n) is 6.30. The van der Waals surface area contributed by atoms with Gasteiger partial charge in [-0.05, 0) is 30.9 Å². The van der Waals surface area contributed by atoms with E-state index in [1.807, 2.05) is 35.2 Å². The van der Waals surface area contributed by atoms with Gasteiger partial charge in [0.1, 0.15) is 12.0 Å². The van der Waals surface area contributed by atoms with Crippen LogP contribution in [-0.4, -0.2) is 45.3 Å². The maximum Gasteiger partial charge on any atom is 0.272 e. The number of carbonyl (C=O) groups is 2. The lowest BCUT2D eigenvalue weighted by atomic mass is 9.90. The van der Waals surface area contributed by atoms with Crippen LogP contribution in [0.4, 0.5) is 0 Å². The minimum Gasteiger partial charge on any atom is -0.352 e. The first-order chi connectivity index (χ1) is 12.1. The van der Waals surface area contributed by atoms with E-state index < -0.39 is 0 Å². The van der Waals surface area contributed by atoms with Crippen LogP contribution in [0.2, 0.25) is 0 Å². The number of hydrogen-bond acceptors (Lipinski definition) is 4. The normalized spacial score (nSPS) is 20.1. The van der Waals surface area contributed by atoms with E-state index in [0.29, 0.717) is 18.7 Å². The Morgan fingerprint density at radius 1 is 1.24 bits per heavy atom. The van der Waals surface area contributed by atoms with E-state index in [1.165, 1.54) is 13.3 Å². The summed E-state index contributed by atoms with van der Waals surface area (Å²) in [6.07, 6.45) is 5.37. The molecule has 2 atom stereocenters. The molecule has 0 bridgehead atoms. The molecule has 0 radical (unpaired) electrons. The average molecular weight is 338 g/mol. The smallest absolute Gasteiger partial charge is 0.272 e. The Kier molecular flexibility index (Phi) is 5.38. The SMILES string of the molecule is CC(=O)N[C@H]1CCCN(C(=O)c2ccncn2)[C@H]1Cc1ccccc1.